The summed E-state index contributed by atoms with van der Waals surface area (Å²) in [5.74, 6) is -0.292. The van der Waals surface area contributed by atoms with Crippen molar-refractivity contribution in [2.24, 2.45) is 5.73 Å². The van der Waals surface area contributed by atoms with Crippen LogP contribution in [0.25, 0.3) is 0 Å². The highest BCUT2D eigenvalue weighted by Gasteiger charge is 2.28. The maximum absolute atomic E-state index is 12.5. The highest BCUT2D eigenvalue weighted by atomic mass is 35.5. The summed E-state index contributed by atoms with van der Waals surface area (Å²) in [5, 5.41) is 11.0. The van der Waals surface area contributed by atoms with Crippen molar-refractivity contribution in [1.29, 1.82) is 0 Å². The van der Waals surface area contributed by atoms with E-state index in [0.717, 1.165) is 12.8 Å². The summed E-state index contributed by atoms with van der Waals surface area (Å²) in [6, 6.07) is 4.63. The van der Waals surface area contributed by atoms with Crippen LogP contribution in [-0.4, -0.2) is 34.9 Å². The van der Waals surface area contributed by atoms with E-state index in [1.165, 1.54) is 6.07 Å². The molecular formula is C13H18ClN3O3. The number of aryl methyl sites for hydroxylation is 1. The lowest BCUT2D eigenvalue weighted by Crippen LogP contribution is -2.46. The SMILES string of the molecule is Cc1cccc([N+](=O)[O-])c1C(=O)N1CCC[C@@H](N)C1.Cl. The quantitative estimate of drug-likeness (QED) is 0.667. The summed E-state index contributed by atoms with van der Waals surface area (Å²) < 4.78 is 0. The minimum Gasteiger partial charge on any atom is -0.337 e. The number of nitro groups is 1. The topological polar surface area (TPSA) is 89.5 Å². The van der Waals surface area contributed by atoms with Crippen LogP contribution in [0, 0.1) is 17.0 Å². The van der Waals surface area contributed by atoms with Gasteiger partial charge in [0.05, 0.1) is 4.92 Å². The predicted molar refractivity (Wildman–Crippen MR) is 78.2 cm³/mol. The molecule has 1 fully saturated rings. The number of nitro benzene ring substituents is 1. The zero-order valence-electron chi connectivity index (χ0n) is 11.2. The van der Waals surface area contributed by atoms with Gasteiger partial charge in [0.15, 0.2) is 0 Å². The molecule has 1 heterocycles. The Labute approximate surface area is 123 Å². The third-order valence-electron chi connectivity index (χ3n) is 3.41. The molecule has 6 nitrogen and oxygen atoms in total. The molecule has 0 spiro atoms. The number of halogens is 1. The molecule has 1 atom stereocenters. The van der Waals surface area contributed by atoms with Crippen molar-refractivity contribution in [3.63, 3.8) is 0 Å². The number of likely N-dealkylation sites (tertiary alicyclic amines) is 1. The highest BCUT2D eigenvalue weighted by Crippen LogP contribution is 2.24. The Hall–Kier alpha value is -1.66. The fraction of sp³-hybridized carbons (Fsp3) is 0.462. The fourth-order valence-corrected chi connectivity index (χ4v) is 2.44. The van der Waals surface area contributed by atoms with Crippen LogP contribution in [0.3, 0.4) is 0 Å². The normalized spacial score (nSPS) is 18.3. The zero-order chi connectivity index (χ0) is 14.0. The first kappa shape index (κ1) is 16.4. The minimum absolute atomic E-state index is 0. The van der Waals surface area contributed by atoms with Gasteiger partial charge in [-0.3, -0.25) is 14.9 Å². The van der Waals surface area contributed by atoms with Gasteiger partial charge in [-0.1, -0.05) is 12.1 Å². The molecule has 1 aromatic rings. The molecule has 0 aromatic heterocycles. The van der Waals surface area contributed by atoms with E-state index in [1.54, 1.807) is 24.0 Å². The zero-order valence-corrected chi connectivity index (χ0v) is 12.1. The minimum atomic E-state index is -0.510. The van der Waals surface area contributed by atoms with Gasteiger partial charge < -0.3 is 10.6 Å². The third kappa shape index (κ3) is 3.26. The number of hydrogen-bond acceptors (Lipinski definition) is 4. The van der Waals surface area contributed by atoms with Crippen molar-refractivity contribution in [3.8, 4) is 0 Å². The summed E-state index contributed by atoms with van der Waals surface area (Å²) >= 11 is 0. The smallest absolute Gasteiger partial charge is 0.282 e. The Morgan fingerprint density at radius 2 is 2.20 bits per heavy atom. The number of piperidine rings is 1. The molecular weight excluding hydrogens is 282 g/mol. The summed E-state index contributed by atoms with van der Waals surface area (Å²) in [6.45, 7) is 2.78. The molecule has 2 N–H and O–H groups in total. The lowest BCUT2D eigenvalue weighted by molar-refractivity contribution is -0.385. The molecule has 7 heteroatoms. The van der Waals surface area contributed by atoms with Crippen LogP contribution in [0.2, 0.25) is 0 Å². The van der Waals surface area contributed by atoms with Crippen molar-refractivity contribution >= 4 is 24.0 Å². The number of benzene rings is 1. The van der Waals surface area contributed by atoms with Gasteiger partial charge in [0, 0.05) is 25.2 Å². The van der Waals surface area contributed by atoms with Gasteiger partial charge in [-0.15, -0.1) is 12.4 Å². The molecule has 0 aliphatic carbocycles. The van der Waals surface area contributed by atoms with Gasteiger partial charge in [0.25, 0.3) is 11.6 Å². The number of amides is 1. The summed E-state index contributed by atoms with van der Waals surface area (Å²) in [4.78, 5) is 24.6. The van der Waals surface area contributed by atoms with Crippen LogP contribution in [0.4, 0.5) is 5.69 Å². The summed E-state index contributed by atoms with van der Waals surface area (Å²) in [6.07, 6.45) is 1.73. The molecule has 1 aliphatic rings. The second-order valence-electron chi connectivity index (χ2n) is 4.88. The fourth-order valence-electron chi connectivity index (χ4n) is 2.44. The van der Waals surface area contributed by atoms with Crippen LogP contribution in [0.1, 0.15) is 28.8 Å². The van der Waals surface area contributed by atoms with Crippen LogP contribution in [-0.2, 0) is 0 Å². The Kier molecular flexibility index (Phi) is 5.47. The number of carbonyl (C=O) groups excluding carboxylic acids is 1. The summed E-state index contributed by atoms with van der Waals surface area (Å²) in [7, 11) is 0. The van der Waals surface area contributed by atoms with Gasteiger partial charge in [0.1, 0.15) is 5.56 Å². The van der Waals surface area contributed by atoms with E-state index in [1.807, 2.05) is 0 Å². The van der Waals surface area contributed by atoms with Crippen LogP contribution >= 0.6 is 12.4 Å². The van der Waals surface area contributed by atoms with E-state index in [-0.39, 0.29) is 35.6 Å². The third-order valence-corrected chi connectivity index (χ3v) is 3.41. The molecule has 0 radical (unpaired) electrons. The van der Waals surface area contributed by atoms with Gasteiger partial charge in [0.2, 0.25) is 0 Å². The maximum atomic E-state index is 12.5. The maximum Gasteiger partial charge on any atom is 0.282 e. The first-order valence-electron chi connectivity index (χ1n) is 6.29. The second-order valence-corrected chi connectivity index (χ2v) is 4.88. The molecule has 1 saturated heterocycles. The van der Waals surface area contributed by atoms with Crippen molar-refractivity contribution in [2.45, 2.75) is 25.8 Å². The monoisotopic (exact) mass is 299 g/mol. The van der Waals surface area contributed by atoms with Gasteiger partial charge in [-0.25, -0.2) is 0 Å². The first-order chi connectivity index (χ1) is 9.00. The van der Waals surface area contributed by atoms with Gasteiger partial charge >= 0.3 is 0 Å². The van der Waals surface area contributed by atoms with Crippen molar-refractivity contribution in [3.05, 3.63) is 39.4 Å². The number of nitrogens with zero attached hydrogens (tertiary/aromatic N) is 2. The number of hydrogen-bond donors (Lipinski definition) is 1. The molecule has 1 amide bonds. The molecule has 20 heavy (non-hydrogen) atoms. The number of nitrogens with two attached hydrogens (primary N) is 1. The standard InChI is InChI=1S/C13H17N3O3.ClH/c1-9-4-2-6-11(16(18)19)12(9)13(17)15-7-3-5-10(14)8-15;/h2,4,6,10H,3,5,7-8,14H2,1H3;1H/t10-;/m1./s1. The molecule has 1 aromatic carbocycles. The van der Waals surface area contributed by atoms with Crippen LogP contribution in [0.5, 0.6) is 0 Å². The Morgan fingerprint density at radius 3 is 2.80 bits per heavy atom. The molecule has 0 bridgehead atoms. The molecule has 110 valence electrons. The molecule has 0 unspecified atom stereocenters. The van der Waals surface area contributed by atoms with E-state index in [4.69, 9.17) is 5.73 Å². The van der Waals surface area contributed by atoms with E-state index in [9.17, 15) is 14.9 Å². The van der Waals surface area contributed by atoms with Crippen molar-refractivity contribution in [1.82, 2.24) is 4.90 Å². The van der Waals surface area contributed by atoms with Crippen LogP contribution in [0.15, 0.2) is 18.2 Å². The number of carbonyl (C=O) groups is 1. The van der Waals surface area contributed by atoms with E-state index < -0.39 is 4.92 Å². The lowest BCUT2D eigenvalue weighted by Gasteiger charge is -2.31. The highest BCUT2D eigenvalue weighted by molar-refractivity contribution is 5.99. The molecule has 2 rings (SSSR count). The van der Waals surface area contributed by atoms with Gasteiger partial charge in [-0.05, 0) is 25.3 Å². The second kappa shape index (κ2) is 6.67. The van der Waals surface area contributed by atoms with Crippen LogP contribution < -0.4 is 5.73 Å². The Balaban J connectivity index is 0.00000200. The molecule has 1 aliphatic heterocycles. The van der Waals surface area contributed by atoms with E-state index in [2.05, 4.69) is 0 Å². The Morgan fingerprint density at radius 1 is 1.50 bits per heavy atom. The van der Waals surface area contributed by atoms with Crippen molar-refractivity contribution in [2.75, 3.05) is 13.1 Å². The van der Waals surface area contributed by atoms with Crippen molar-refractivity contribution < 1.29 is 9.72 Å². The average molecular weight is 300 g/mol. The lowest BCUT2D eigenvalue weighted by atomic mass is 10.0. The predicted octanol–water partition coefficient (Wildman–Crippen LogP) is 1.89. The number of rotatable bonds is 2. The van der Waals surface area contributed by atoms with Gasteiger partial charge in [-0.2, -0.15) is 0 Å². The first-order valence-corrected chi connectivity index (χ1v) is 6.29. The average Bonchev–Trinajstić information content (AvgIpc) is 2.37. The molecule has 0 saturated carbocycles. The van der Waals surface area contributed by atoms with E-state index in [0.29, 0.717) is 18.7 Å². The van der Waals surface area contributed by atoms with E-state index >= 15 is 0 Å². The summed E-state index contributed by atoms with van der Waals surface area (Å²) in [5.41, 5.74) is 6.52. The Bertz CT molecular complexity index is 522. The largest absolute Gasteiger partial charge is 0.337 e.